The van der Waals surface area contributed by atoms with Gasteiger partial charge in [0.05, 0.1) is 0 Å². The number of nitrogens with zero attached hydrogens (tertiary/aromatic N) is 2. The topological polar surface area (TPSA) is 25.3 Å². The molecule has 0 aromatic heterocycles. The van der Waals surface area contributed by atoms with E-state index in [-0.39, 0.29) is 0 Å². The van der Waals surface area contributed by atoms with Crippen molar-refractivity contribution in [1.82, 2.24) is 0 Å². The second-order valence-corrected chi connectivity index (χ2v) is 16.5. The van der Waals surface area contributed by atoms with Crippen molar-refractivity contribution in [2.24, 2.45) is 0 Å². The molecule has 2 aromatic carbocycles. The van der Waals surface area contributed by atoms with E-state index in [4.69, 9.17) is 0 Å². The van der Waals surface area contributed by atoms with Gasteiger partial charge in [-0.3, -0.25) is 0 Å². The van der Waals surface area contributed by atoms with Crippen LogP contribution in [0.2, 0.25) is 10.8 Å². The van der Waals surface area contributed by atoms with Gasteiger partial charge in [-0.2, -0.15) is 0 Å². The second-order valence-electron chi connectivity index (χ2n) is 14.6. The minimum absolute atomic E-state index is 0.964. The van der Waals surface area contributed by atoms with Crippen LogP contribution in [0.4, 0.5) is 0 Å². The van der Waals surface area contributed by atoms with Gasteiger partial charge in [0.1, 0.15) is 0 Å². The van der Waals surface area contributed by atoms with Crippen molar-refractivity contribution >= 4 is 11.4 Å². The molecule has 0 saturated carbocycles. The minimum atomic E-state index is 0.964. The van der Waals surface area contributed by atoms with E-state index in [1.165, 1.54) is 120 Å². The van der Waals surface area contributed by atoms with Crippen LogP contribution in [0.3, 0.4) is 0 Å². The van der Waals surface area contributed by atoms with Crippen LogP contribution < -0.4 is 0 Å². The van der Waals surface area contributed by atoms with Gasteiger partial charge in [-0.05, 0) is 128 Å². The molecule has 0 unspecified atom stereocenters. The van der Waals surface area contributed by atoms with Crippen molar-refractivity contribution in [3.63, 3.8) is 0 Å². The Kier molecular flexibility index (Phi) is 23.7. The van der Waals surface area contributed by atoms with E-state index in [0.717, 1.165) is 75.6 Å². The van der Waals surface area contributed by atoms with E-state index in [1.54, 1.807) is 15.8 Å². The summed E-state index contributed by atoms with van der Waals surface area (Å²) in [5.41, 5.74) is 27.1. The first-order chi connectivity index (χ1) is 24.9. The number of allylic oxidation sites excluding steroid dienone is 2. The summed E-state index contributed by atoms with van der Waals surface area (Å²) in [6, 6.07) is 9.78. The van der Waals surface area contributed by atoms with Crippen LogP contribution >= 0.6 is 0 Å². The molecule has 0 radical (unpaired) electrons. The third-order valence-electron chi connectivity index (χ3n) is 10.3. The number of hydrogen-bond acceptors (Lipinski definition) is 0. The van der Waals surface area contributed by atoms with Crippen molar-refractivity contribution < 1.29 is 19.1 Å². The fourth-order valence-corrected chi connectivity index (χ4v) is 8.16. The maximum absolute atomic E-state index is 12.2. The van der Waals surface area contributed by atoms with Crippen LogP contribution in [0.1, 0.15) is 203 Å². The molecule has 0 atom stereocenters. The van der Waals surface area contributed by atoms with Gasteiger partial charge in [0.15, 0.2) is 0 Å². The maximum atomic E-state index is 12.2. The number of aryl methyl sites for hydroxylation is 4. The Morgan fingerprint density at radius 2 is 0.882 bits per heavy atom. The zero-order valence-corrected chi connectivity index (χ0v) is 35.8. The van der Waals surface area contributed by atoms with Crippen LogP contribution in [-0.2, 0) is 53.0 Å². The van der Waals surface area contributed by atoms with E-state index in [9.17, 15) is 5.53 Å². The van der Waals surface area contributed by atoms with Crippen molar-refractivity contribution in [1.29, 1.82) is 0 Å². The van der Waals surface area contributed by atoms with Crippen molar-refractivity contribution in [3.05, 3.63) is 86.0 Å². The number of benzene rings is 2. The zero-order chi connectivity index (χ0) is 37.4. The monoisotopic (exact) mass is 741 g/mol. The molecular weight excluding hydrogens is 663 g/mol. The van der Waals surface area contributed by atoms with Gasteiger partial charge >= 0.3 is 39.1 Å². The van der Waals surface area contributed by atoms with Crippen LogP contribution in [-0.4, -0.2) is 4.70 Å². The summed E-state index contributed by atoms with van der Waals surface area (Å²) in [6.45, 7) is 20.5. The third-order valence-corrected chi connectivity index (χ3v) is 11.3. The number of unbranched alkanes of at least 4 members (excludes halogenated alkanes) is 7. The Balaban J connectivity index is 0.00000168. The summed E-state index contributed by atoms with van der Waals surface area (Å²) in [4.78, 5) is 0. The molecule has 1 aliphatic heterocycles. The predicted octanol–water partition coefficient (Wildman–Crippen LogP) is 15.7. The molecule has 0 bridgehead atoms. The summed E-state index contributed by atoms with van der Waals surface area (Å²) in [6.07, 6.45) is 27.3. The first kappa shape index (κ1) is 45.2. The molecule has 0 amide bonds. The number of rotatable bonds is 25. The molecule has 0 saturated heterocycles. The predicted molar refractivity (Wildman–Crippen MR) is 224 cm³/mol. The second kappa shape index (κ2) is 26.7. The first-order valence-corrected chi connectivity index (χ1v) is 23.0. The molecule has 51 heavy (non-hydrogen) atoms. The Labute approximate surface area is 323 Å². The molecule has 2 aromatic rings. The van der Waals surface area contributed by atoms with E-state index < -0.39 is 0 Å². The van der Waals surface area contributed by atoms with Crippen LogP contribution in [0, 0.1) is 0 Å². The van der Waals surface area contributed by atoms with Crippen LogP contribution in [0.5, 0.6) is 0 Å². The van der Waals surface area contributed by atoms with Crippen molar-refractivity contribution in [3.8, 4) is 0 Å². The summed E-state index contributed by atoms with van der Waals surface area (Å²) in [7, 11) is 0. The average molecular weight is 742 g/mol. The third kappa shape index (κ3) is 14.4. The SMILES string of the molecule is CCCCCc1cc(C2=C(CCCC)C=C(c3cc(CCC)c(CCC)c(CCC)c3)[N+]2=[N-])cc(CCCCC)c1CCCCC.C[CH2][Ni][CH2]C. The van der Waals surface area contributed by atoms with Gasteiger partial charge in [0.25, 0.3) is 0 Å². The van der Waals surface area contributed by atoms with E-state index >= 15 is 0 Å². The Morgan fingerprint density at radius 1 is 0.451 bits per heavy atom. The fraction of sp³-hybridized carbons (Fsp3) is 0.667. The number of hydrogen-bond donors (Lipinski definition) is 0. The molecule has 3 heteroatoms. The fourth-order valence-electron chi connectivity index (χ4n) is 7.67. The molecule has 1 aliphatic rings. The Hall–Kier alpha value is -1.99. The Morgan fingerprint density at radius 3 is 1.31 bits per heavy atom. The summed E-state index contributed by atoms with van der Waals surface area (Å²) in [5, 5.41) is 2.56. The van der Waals surface area contributed by atoms with Gasteiger partial charge < -0.3 is 5.53 Å². The van der Waals surface area contributed by atoms with Gasteiger partial charge in [-0.25, -0.2) is 4.70 Å². The zero-order valence-electron chi connectivity index (χ0n) is 34.9. The molecule has 0 spiro atoms. The molecule has 3 rings (SSSR count). The van der Waals surface area contributed by atoms with Crippen molar-refractivity contribution in [2.75, 3.05) is 0 Å². The molecular formula is C48H78N2Ni. The molecule has 290 valence electrons. The van der Waals surface area contributed by atoms with Gasteiger partial charge in [-0.1, -0.05) is 113 Å². The molecule has 2 nitrogen and oxygen atoms in total. The Bertz CT molecular complexity index is 1300. The van der Waals surface area contributed by atoms with Crippen molar-refractivity contribution in [2.45, 2.75) is 208 Å². The summed E-state index contributed by atoms with van der Waals surface area (Å²) >= 11 is 1.82. The molecule has 1 heterocycles. The normalized spacial score (nSPS) is 12.9. The van der Waals surface area contributed by atoms with Crippen LogP contribution in [0.25, 0.3) is 16.9 Å². The molecule has 0 fully saturated rings. The van der Waals surface area contributed by atoms with E-state index in [1.807, 2.05) is 14.4 Å². The molecule has 0 N–H and O–H groups in total. The van der Waals surface area contributed by atoms with E-state index in [2.05, 4.69) is 92.7 Å². The first-order valence-electron chi connectivity index (χ1n) is 21.6. The van der Waals surface area contributed by atoms with E-state index in [0.29, 0.717) is 0 Å². The quantitative estimate of drug-likeness (QED) is 0.0550. The van der Waals surface area contributed by atoms with Gasteiger partial charge in [0.2, 0.25) is 11.4 Å². The standard InChI is InChI=1S/C44H68N2.2C2H5.Ni/c1-8-15-19-26-36-31-40(32-37(27-20-16-9-2)42(36)28-21-17-10-3)44-38(25-18-11-4)33-43(46(44)45)39-29-34(22-12-5)41(24-14-7)35(30-39)23-13-6;2*1-2;/h29-33H,8-28H2,1-7H3;2*1H2,2H3;. The van der Waals surface area contributed by atoms with Gasteiger partial charge in [-0.15, -0.1) is 0 Å². The molecule has 0 aliphatic carbocycles. The average Bonchev–Trinajstić information content (AvgIpc) is 3.45. The summed E-state index contributed by atoms with van der Waals surface area (Å²) < 4.78 is 1.59. The summed E-state index contributed by atoms with van der Waals surface area (Å²) in [5.74, 6) is 0. The van der Waals surface area contributed by atoms with Crippen LogP contribution in [0.15, 0.2) is 35.9 Å². The van der Waals surface area contributed by atoms with Gasteiger partial charge in [0, 0.05) is 22.8 Å².